The van der Waals surface area contributed by atoms with Gasteiger partial charge in [-0.2, -0.15) is 0 Å². The molecule has 2 rings (SSSR count). The molecule has 0 spiro atoms. The van der Waals surface area contributed by atoms with Crippen LogP contribution in [0.15, 0.2) is 11.0 Å². The molecule has 0 aliphatic heterocycles. The van der Waals surface area contributed by atoms with E-state index in [0.29, 0.717) is 11.5 Å². The fourth-order valence-corrected chi connectivity index (χ4v) is 2.70. The molecule has 5 nitrogen and oxygen atoms in total. The lowest BCUT2D eigenvalue weighted by atomic mass is 9.97. The molecule has 0 fully saturated rings. The standard InChI is InChI=1S/C14H19N3O2S/c1-8-9(2)20-13-15-6-10(12(19)17(8)13)11(18)16-7-14(3,4)5/h6H,7H2,1-5H3,(H,16,18). The smallest absolute Gasteiger partial charge is 0.271 e. The highest BCUT2D eigenvalue weighted by molar-refractivity contribution is 7.17. The number of carbonyl (C=O) groups excluding carboxylic acids is 1. The molecular formula is C14H19N3O2S. The number of hydrogen-bond acceptors (Lipinski definition) is 4. The van der Waals surface area contributed by atoms with Crippen LogP contribution in [0.4, 0.5) is 0 Å². The molecule has 0 bridgehead atoms. The lowest BCUT2D eigenvalue weighted by Crippen LogP contribution is -2.36. The lowest BCUT2D eigenvalue weighted by Gasteiger charge is -2.18. The van der Waals surface area contributed by atoms with Crippen molar-refractivity contribution in [2.24, 2.45) is 5.41 Å². The van der Waals surface area contributed by atoms with Crippen LogP contribution in [-0.4, -0.2) is 21.8 Å². The quantitative estimate of drug-likeness (QED) is 0.922. The van der Waals surface area contributed by atoms with Crippen molar-refractivity contribution in [3.63, 3.8) is 0 Å². The molecule has 0 aliphatic carbocycles. The Bertz CT molecular complexity index is 722. The summed E-state index contributed by atoms with van der Waals surface area (Å²) in [4.78, 5) is 30.4. The maximum absolute atomic E-state index is 12.4. The second-order valence-corrected chi connectivity index (χ2v) is 7.26. The third-order valence-electron chi connectivity index (χ3n) is 3.04. The van der Waals surface area contributed by atoms with Crippen molar-refractivity contribution in [2.45, 2.75) is 34.6 Å². The Kier molecular flexibility index (Phi) is 3.69. The number of carbonyl (C=O) groups is 1. The molecule has 20 heavy (non-hydrogen) atoms. The molecule has 2 heterocycles. The third-order valence-corrected chi connectivity index (χ3v) is 4.11. The zero-order valence-electron chi connectivity index (χ0n) is 12.4. The van der Waals surface area contributed by atoms with E-state index in [-0.39, 0.29) is 22.4 Å². The molecule has 0 saturated heterocycles. The average molecular weight is 293 g/mol. The van der Waals surface area contributed by atoms with E-state index in [1.807, 2.05) is 34.6 Å². The van der Waals surface area contributed by atoms with Crippen LogP contribution in [0, 0.1) is 19.3 Å². The van der Waals surface area contributed by atoms with Crippen LogP contribution in [-0.2, 0) is 0 Å². The number of nitrogens with one attached hydrogen (secondary N) is 1. The Morgan fingerprint density at radius 3 is 2.65 bits per heavy atom. The fourth-order valence-electron chi connectivity index (χ4n) is 1.77. The zero-order chi connectivity index (χ0) is 15.1. The average Bonchev–Trinajstić information content (AvgIpc) is 2.62. The van der Waals surface area contributed by atoms with Crippen molar-refractivity contribution in [1.29, 1.82) is 0 Å². The summed E-state index contributed by atoms with van der Waals surface area (Å²) in [7, 11) is 0. The third kappa shape index (κ3) is 2.75. The molecule has 0 atom stereocenters. The molecular weight excluding hydrogens is 274 g/mol. The Morgan fingerprint density at radius 2 is 2.05 bits per heavy atom. The summed E-state index contributed by atoms with van der Waals surface area (Å²) in [5, 5.41) is 2.78. The first-order chi connectivity index (χ1) is 9.20. The number of hydrogen-bond donors (Lipinski definition) is 1. The number of thiazole rings is 1. The molecule has 0 aromatic carbocycles. The van der Waals surface area contributed by atoms with E-state index >= 15 is 0 Å². The fraction of sp³-hybridized carbons (Fsp3) is 0.500. The molecule has 108 valence electrons. The maximum Gasteiger partial charge on any atom is 0.271 e. The van der Waals surface area contributed by atoms with Gasteiger partial charge in [-0.05, 0) is 19.3 Å². The van der Waals surface area contributed by atoms with Gasteiger partial charge >= 0.3 is 0 Å². The Hall–Kier alpha value is -1.69. The highest BCUT2D eigenvalue weighted by Gasteiger charge is 2.18. The van der Waals surface area contributed by atoms with E-state index in [1.165, 1.54) is 21.9 Å². The second-order valence-electron chi connectivity index (χ2n) is 6.08. The van der Waals surface area contributed by atoms with E-state index in [9.17, 15) is 9.59 Å². The van der Waals surface area contributed by atoms with Crippen LogP contribution in [0.3, 0.4) is 0 Å². The number of aryl methyl sites for hydroxylation is 2. The second kappa shape index (κ2) is 5.01. The van der Waals surface area contributed by atoms with Crippen molar-refractivity contribution < 1.29 is 4.79 Å². The Labute approximate surface area is 121 Å². The highest BCUT2D eigenvalue weighted by atomic mass is 32.1. The summed E-state index contributed by atoms with van der Waals surface area (Å²) >= 11 is 1.45. The van der Waals surface area contributed by atoms with Crippen molar-refractivity contribution in [2.75, 3.05) is 6.54 Å². The summed E-state index contributed by atoms with van der Waals surface area (Å²) in [5.74, 6) is -0.366. The van der Waals surface area contributed by atoms with E-state index < -0.39 is 0 Å². The summed E-state index contributed by atoms with van der Waals surface area (Å²) in [6, 6.07) is 0. The molecule has 1 N–H and O–H groups in total. The molecule has 6 heteroatoms. The van der Waals surface area contributed by atoms with Crippen LogP contribution in [0.25, 0.3) is 4.96 Å². The predicted molar refractivity (Wildman–Crippen MR) is 80.6 cm³/mol. The minimum atomic E-state index is -0.366. The van der Waals surface area contributed by atoms with Crippen molar-refractivity contribution >= 4 is 22.2 Å². The van der Waals surface area contributed by atoms with Crippen molar-refractivity contribution in [3.8, 4) is 0 Å². The molecule has 1 amide bonds. The van der Waals surface area contributed by atoms with Gasteiger partial charge in [-0.3, -0.25) is 14.0 Å². The van der Waals surface area contributed by atoms with Crippen LogP contribution in [0.2, 0.25) is 0 Å². The zero-order valence-corrected chi connectivity index (χ0v) is 13.2. The summed E-state index contributed by atoms with van der Waals surface area (Å²) in [5.41, 5.74) is 0.599. The number of aromatic nitrogens is 2. The number of amides is 1. The molecule has 0 saturated carbocycles. The lowest BCUT2D eigenvalue weighted by molar-refractivity contribution is 0.0937. The molecule has 0 radical (unpaired) electrons. The van der Waals surface area contributed by atoms with Crippen molar-refractivity contribution in [3.05, 3.63) is 32.7 Å². The van der Waals surface area contributed by atoms with Gasteiger partial charge in [0.15, 0.2) is 4.96 Å². The summed E-state index contributed by atoms with van der Waals surface area (Å²) in [6.07, 6.45) is 1.37. The van der Waals surface area contributed by atoms with Crippen LogP contribution < -0.4 is 10.9 Å². The topological polar surface area (TPSA) is 63.5 Å². The maximum atomic E-state index is 12.4. The predicted octanol–water partition coefficient (Wildman–Crippen LogP) is 2.15. The first-order valence-electron chi connectivity index (χ1n) is 6.46. The first kappa shape index (κ1) is 14.7. The van der Waals surface area contributed by atoms with E-state index in [2.05, 4.69) is 10.3 Å². The SMILES string of the molecule is Cc1sc2ncc(C(=O)NCC(C)(C)C)c(=O)n2c1C. The number of nitrogens with zero attached hydrogens (tertiary/aromatic N) is 2. The molecule has 0 unspecified atom stereocenters. The van der Waals surface area contributed by atoms with Gasteiger partial charge in [0.25, 0.3) is 11.5 Å². The largest absolute Gasteiger partial charge is 0.351 e. The van der Waals surface area contributed by atoms with Gasteiger partial charge in [0.1, 0.15) is 5.56 Å². The van der Waals surface area contributed by atoms with Gasteiger partial charge in [0.05, 0.1) is 0 Å². The molecule has 2 aromatic rings. The normalized spacial score (nSPS) is 11.8. The van der Waals surface area contributed by atoms with Gasteiger partial charge in [0.2, 0.25) is 0 Å². The van der Waals surface area contributed by atoms with Gasteiger partial charge in [-0.25, -0.2) is 4.98 Å². The summed E-state index contributed by atoms with van der Waals surface area (Å²) < 4.78 is 1.51. The minimum Gasteiger partial charge on any atom is -0.351 e. The highest BCUT2D eigenvalue weighted by Crippen LogP contribution is 2.18. The number of rotatable bonds is 2. The van der Waals surface area contributed by atoms with Gasteiger partial charge in [-0.1, -0.05) is 20.8 Å². The van der Waals surface area contributed by atoms with Gasteiger partial charge in [0, 0.05) is 23.3 Å². The first-order valence-corrected chi connectivity index (χ1v) is 7.28. The minimum absolute atomic E-state index is 0.0295. The Balaban J connectivity index is 2.41. The Morgan fingerprint density at radius 1 is 1.40 bits per heavy atom. The monoisotopic (exact) mass is 293 g/mol. The van der Waals surface area contributed by atoms with Crippen LogP contribution in [0.1, 0.15) is 41.7 Å². The van der Waals surface area contributed by atoms with Crippen LogP contribution in [0.5, 0.6) is 0 Å². The van der Waals surface area contributed by atoms with Gasteiger partial charge in [-0.15, -0.1) is 11.3 Å². The van der Waals surface area contributed by atoms with Crippen molar-refractivity contribution in [1.82, 2.24) is 14.7 Å². The molecule has 2 aromatic heterocycles. The van der Waals surface area contributed by atoms with E-state index in [0.717, 1.165) is 10.6 Å². The van der Waals surface area contributed by atoms with Crippen LogP contribution >= 0.6 is 11.3 Å². The number of fused-ring (bicyclic) bond motifs is 1. The van der Waals surface area contributed by atoms with Gasteiger partial charge < -0.3 is 5.32 Å². The molecule has 0 aliphatic rings. The van der Waals surface area contributed by atoms with E-state index in [4.69, 9.17) is 0 Å². The summed E-state index contributed by atoms with van der Waals surface area (Å²) in [6.45, 7) is 10.4. The van der Waals surface area contributed by atoms with E-state index in [1.54, 1.807) is 0 Å².